The number of hydrogen-bond acceptors (Lipinski definition) is 1. The molecule has 2 aromatic rings. The van der Waals surface area contributed by atoms with Gasteiger partial charge in [-0.15, -0.1) is 0 Å². The van der Waals surface area contributed by atoms with Crippen LogP contribution in [0.4, 0.5) is 0 Å². The van der Waals surface area contributed by atoms with E-state index in [1.54, 1.807) is 0 Å². The summed E-state index contributed by atoms with van der Waals surface area (Å²) < 4.78 is 1.19. The van der Waals surface area contributed by atoms with Gasteiger partial charge in [-0.2, -0.15) is 0 Å². The molecule has 0 bridgehead atoms. The number of hydrogen-bond donors (Lipinski definition) is 1. The minimum atomic E-state index is 0.606. The zero-order valence-corrected chi connectivity index (χ0v) is 13.0. The molecule has 100 valence electrons. The van der Waals surface area contributed by atoms with Crippen LogP contribution in [0.1, 0.15) is 18.9 Å². The number of likely N-dealkylation sites (N-methyl/N-ethyl adjacent to an activating group) is 1. The first kappa shape index (κ1) is 12.9. The summed E-state index contributed by atoms with van der Waals surface area (Å²) in [6.07, 6.45) is 6.80. The van der Waals surface area contributed by atoms with E-state index in [-0.39, 0.29) is 0 Å². The van der Waals surface area contributed by atoms with Crippen molar-refractivity contribution in [2.75, 3.05) is 13.6 Å². The average molecular weight is 319 g/mol. The van der Waals surface area contributed by atoms with Crippen molar-refractivity contribution in [3.8, 4) is 0 Å². The van der Waals surface area contributed by atoms with Crippen molar-refractivity contribution in [2.24, 2.45) is 0 Å². The van der Waals surface area contributed by atoms with Gasteiger partial charge >= 0.3 is 0 Å². The predicted molar refractivity (Wildman–Crippen MR) is 84.5 cm³/mol. The molecule has 1 aliphatic rings. The monoisotopic (exact) mass is 318 g/mol. The van der Waals surface area contributed by atoms with Crippen molar-refractivity contribution < 1.29 is 0 Å². The van der Waals surface area contributed by atoms with E-state index >= 15 is 0 Å². The van der Waals surface area contributed by atoms with E-state index in [9.17, 15) is 0 Å². The smallest absolute Gasteiger partial charge is 0.0468 e. The van der Waals surface area contributed by atoms with Gasteiger partial charge in [0.2, 0.25) is 0 Å². The first-order valence-corrected chi connectivity index (χ1v) is 7.55. The van der Waals surface area contributed by atoms with Crippen LogP contribution in [-0.2, 0) is 6.42 Å². The summed E-state index contributed by atoms with van der Waals surface area (Å²) in [6, 6.07) is 6.94. The van der Waals surface area contributed by atoms with Gasteiger partial charge in [-0.25, -0.2) is 0 Å². The van der Waals surface area contributed by atoms with Crippen LogP contribution in [0, 0.1) is 0 Å². The summed E-state index contributed by atoms with van der Waals surface area (Å²) in [4.78, 5) is 5.84. The lowest BCUT2D eigenvalue weighted by molar-refractivity contribution is 0.248. The van der Waals surface area contributed by atoms with E-state index in [4.69, 9.17) is 0 Å². The van der Waals surface area contributed by atoms with Gasteiger partial charge in [-0.05, 0) is 44.5 Å². The Kier molecular flexibility index (Phi) is 3.50. The van der Waals surface area contributed by atoms with Crippen LogP contribution < -0.4 is 0 Å². The van der Waals surface area contributed by atoms with Crippen molar-refractivity contribution in [2.45, 2.75) is 25.8 Å². The Bertz CT molecular complexity index is 627. The SMILES string of the molecule is CC1=CCC(Cc2c[nH]c3cccc(Br)c23)N(C)C1. The maximum atomic E-state index is 3.67. The Morgan fingerprint density at radius 1 is 1.42 bits per heavy atom. The molecule has 0 saturated heterocycles. The molecule has 0 amide bonds. The molecule has 3 heteroatoms. The molecule has 0 fully saturated rings. The van der Waals surface area contributed by atoms with Gasteiger partial charge in [-0.3, -0.25) is 4.90 Å². The molecule has 2 nitrogen and oxygen atoms in total. The standard InChI is InChI=1S/C16H19BrN2/c1-11-6-7-13(19(2)10-11)8-12-9-18-15-5-3-4-14(17)16(12)15/h3-6,9,13,18H,7-8,10H2,1-2H3. The van der Waals surface area contributed by atoms with Gasteiger partial charge in [0, 0.05) is 34.2 Å². The van der Waals surface area contributed by atoms with Crippen LogP contribution in [0.25, 0.3) is 10.9 Å². The second-order valence-corrected chi connectivity index (χ2v) is 6.39. The molecule has 0 radical (unpaired) electrons. The van der Waals surface area contributed by atoms with Crippen LogP contribution in [-0.4, -0.2) is 29.5 Å². The van der Waals surface area contributed by atoms with Crippen molar-refractivity contribution in [1.29, 1.82) is 0 Å². The largest absolute Gasteiger partial charge is 0.361 e. The number of rotatable bonds is 2. The highest BCUT2D eigenvalue weighted by Gasteiger charge is 2.20. The summed E-state index contributed by atoms with van der Waals surface area (Å²) in [5.41, 5.74) is 4.11. The third-order valence-corrected chi connectivity index (χ3v) is 4.71. The van der Waals surface area contributed by atoms with E-state index < -0.39 is 0 Å². The number of nitrogens with zero attached hydrogens (tertiary/aromatic N) is 1. The van der Waals surface area contributed by atoms with Gasteiger partial charge in [0.15, 0.2) is 0 Å². The number of H-pyrrole nitrogens is 1. The van der Waals surface area contributed by atoms with E-state index in [0.717, 1.165) is 19.4 Å². The minimum Gasteiger partial charge on any atom is -0.361 e. The number of fused-ring (bicyclic) bond motifs is 1. The fraction of sp³-hybridized carbons (Fsp3) is 0.375. The molecular weight excluding hydrogens is 300 g/mol. The molecular formula is C16H19BrN2. The van der Waals surface area contributed by atoms with E-state index in [2.05, 4.69) is 70.3 Å². The lowest BCUT2D eigenvalue weighted by atomic mass is 9.97. The number of aromatic nitrogens is 1. The Hall–Kier alpha value is -1.06. The third-order valence-electron chi connectivity index (χ3n) is 4.05. The Balaban J connectivity index is 1.90. The lowest BCUT2D eigenvalue weighted by Crippen LogP contribution is -2.37. The van der Waals surface area contributed by atoms with Gasteiger partial charge < -0.3 is 4.98 Å². The van der Waals surface area contributed by atoms with Gasteiger partial charge in [-0.1, -0.05) is 33.6 Å². The summed E-state index contributed by atoms with van der Waals surface area (Å²) in [5, 5.41) is 1.34. The van der Waals surface area contributed by atoms with Crippen LogP contribution in [0.15, 0.2) is 40.5 Å². The molecule has 1 unspecified atom stereocenters. The summed E-state index contributed by atoms with van der Waals surface area (Å²) in [7, 11) is 2.23. The normalized spacial score (nSPS) is 20.8. The Morgan fingerprint density at radius 2 is 2.26 bits per heavy atom. The molecule has 2 heterocycles. The molecule has 0 spiro atoms. The molecule has 1 N–H and O–H groups in total. The van der Waals surface area contributed by atoms with E-state index in [1.165, 1.54) is 26.5 Å². The topological polar surface area (TPSA) is 19.0 Å². The number of aromatic amines is 1. The molecule has 1 aromatic heterocycles. The van der Waals surface area contributed by atoms with E-state index in [1.807, 2.05) is 0 Å². The van der Waals surface area contributed by atoms with Gasteiger partial charge in [0.25, 0.3) is 0 Å². The van der Waals surface area contributed by atoms with Crippen molar-refractivity contribution in [3.05, 3.63) is 46.1 Å². The van der Waals surface area contributed by atoms with Gasteiger partial charge in [0.05, 0.1) is 0 Å². The molecule has 0 saturated carbocycles. The quantitative estimate of drug-likeness (QED) is 0.825. The highest BCUT2D eigenvalue weighted by molar-refractivity contribution is 9.10. The van der Waals surface area contributed by atoms with E-state index in [0.29, 0.717) is 6.04 Å². The second-order valence-electron chi connectivity index (χ2n) is 5.54. The second kappa shape index (κ2) is 5.14. The van der Waals surface area contributed by atoms with Crippen LogP contribution >= 0.6 is 15.9 Å². The van der Waals surface area contributed by atoms with Crippen molar-refractivity contribution in [3.63, 3.8) is 0 Å². The molecule has 19 heavy (non-hydrogen) atoms. The molecule has 1 aromatic carbocycles. The highest BCUT2D eigenvalue weighted by Crippen LogP contribution is 2.29. The lowest BCUT2D eigenvalue weighted by Gasteiger charge is -2.31. The first-order chi connectivity index (χ1) is 9.15. The molecule has 1 atom stereocenters. The molecule has 0 aliphatic carbocycles. The zero-order valence-electron chi connectivity index (χ0n) is 11.4. The Morgan fingerprint density at radius 3 is 3.05 bits per heavy atom. The minimum absolute atomic E-state index is 0.606. The van der Waals surface area contributed by atoms with Crippen LogP contribution in [0.5, 0.6) is 0 Å². The average Bonchev–Trinajstić information content (AvgIpc) is 2.77. The molecule has 3 rings (SSSR count). The fourth-order valence-corrected chi connectivity index (χ4v) is 3.59. The fourth-order valence-electron chi connectivity index (χ4n) is 2.97. The summed E-state index contributed by atoms with van der Waals surface area (Å²) in [5.74, 6) is 0. The summed E-state index contributed by atoms with van der Waals surface area (Å²) >= 11 is 3.67. The van der Waals surface area contributed by atoms with Crippen molar-refractivity contribution >= 4 is 26.8 Å². The number of nitrogens with one attached hydrogen (secondary N) is 1. The zero-order chi connectivity index (χ0) is 13.4. The highest BCUT2D eigenvalue weighted by atomic mass is 79.9. The maximum Gasteiger partial charge on any atom is 0.0468 e. The predicted octanol–water partition coefficient (Wildman–Crippen LogP) is 4.12. The van der Waals surface area contributed by atoms with Crippen LogP contribution in [0.2, 0.25) is 0 Å². The first-order valence-electron chi connectivity index (χ1n) is 6.75. The Labute approximate surface area is 122 Å². The van der Waals surface area contributed by atoms with Crippen LogP contribution in [0.3, 0.4) is 0 Å². The number of benzene rings is 1. The third kappa shape index (κ3) is 2.49. The maximum absolute atomic E-state index is 3.67. The number of halogens is 1. The summed E-state index contributed by atoms with van der Waals surface area (Å²) in [6.45, 7) is 3.31. The molecule has 1 aliphatic heterocycles. The van der Waals surface area contributed by atoms with Crippen molar-refractivity contribution in [1.82, 2.24) is 9.88 Å². The van der Waals surface area contributed by atoms with Gasteiger partial charge in [0.1, 0.15) is 0 Å².